The van der Waals surface area contributed by atoms with E-state index in [0.29, 0.717) is 6.61 Å². The van der Waals surface area contributed by atoms with E-state index in [4.69, 9.17) is 9.47 Å². The van der Waals surface area contributed by atoms with Gasteiger partial charge in [0.1, 0.15) is 0 Å². The molecule has 0 N–H and O–H groups in total. The second kappa shape index (κ2) is 6.88. The molecule has 0 radical (unpaired) electrons. The van der Waals surface area contributed by atoms with Crippen molar-refractivity contribution in [3.05, 3.63) is 30.1 Å². The molecule has 1 spiro atoms. The summed E-state index contributed by atoms with van der Waals surface area (Å²) < 4.78 is 12.0. The molecule has 1 aromatic rings. The van der Waals surface area contributed by atoms with Crippen LogP contribution in [0.3, 0.4) is 0 Å². The van der Waals surface area contributed by atoms with Crippen LogP contribution in [-0.2, 0) is 16.1 Å². The first-order valence-electron chi connectivity index (χ1n) is 9.14. The monoisotopic (exact) mass is 316 g/mol. The minimum atomic E-state index is 0.182. The molecule has 4 rings (SSSR count). The Balaban J connectivity index is 1.15. The third-order valence-corrected chi connectivity index (χ3v) is 5.49. The molecular formula is C19H28N2O2. The van der Waals surface area contributed by atoms with Gasteiger partial charge in [-0.15, -0.1) is 0 Å². The van der Waals surface area contributed by atoms with Crippen LogP contribution in [-0.4, -0.2) is 48.3 Å². The van der Waals surface area contributed by atoms with Crippen molar-refractivity contribution in [2.24, 2.45) is 11.8 Å². The molecule has 3 aliphatic rings. The van der Waals surface area contributed by atoms with Gasteiger partial charge < -0.3 is 9.47 Å². The van der Waals surface area contributed by atoms with E-state index in [9.17, 15) is 0 Å². The van der Waals surface area contributed by atoms with Crippen molar-refractivity contribution in [2.45, 2.75) is 44.3 Å². The zero-order valence-corrected chi connectivity index (χ0v) is 14.0. The number of rotatable bonds is 7. The number of aromatic nitrogens is 1. The van der Waals surface area contributed by atoms with Crippen LogP contribution in [0.5, 0.6) is 0 Å². The maximum atomic E-state index is 6.15. The highest BCUT2D eigenvalue weighted by molar-refractivity contribution is 5.06. The first-order chi connectivity index (χ1) is 11.3. The predicted octanol–water partition coefficient (Wildman–Crippen LogP) is 2.88. The Kier molecular flexibility index (Phi) is 4.65. The van der Waals surface area contributed by atoms with Gasteiger partial charge in [0.15, 0.2) is 0 Å². The first-order valence-corrected chi connectivity index (χ1v) is 9.14. The maximum Gasteiger partial charge on any atom is 0.0937 e. The number of nitrogens with zero attached hydrogens (tertiary/aromatic N) is 2. The van der Waals surface area contributed by atoms with Crippen LogP contribution in [0.15, 0.2) is 24.5 Å². The molecule has 3 fully saturated rings. The van der Waals surface area contributed by atoms with Gasteiger partial charge in [0.2, 0.25) is 0 Å². The van der Waals surface area contributed by atoms with Gasteiger partial charge in [0, 0.05) is 45.2 Å². The Morgan fingerprint density at radius 1 is 1.26 bits per heavy atom. The van der Waals surface area contributed by atoms with E-state index in [1.54, 1.807) is 6.20 Å². The van der Waals surface area contributed by atoms with Crippen LogP contribution < -0.4 is 0 Å². The number of hydrogen-bond acceptors (Lipinski definition) is 4. The quantitative estimate of drug-likeness (QED) is 0.725. The van der Waals surface area contributed by atoms with Gasteiger partial charge in [-0.2, -0.15) is 0 Å². The van der Waals surface area contributed by atoms with E-state index < -0.39 is 0 Å². The van der Waals surface area contributed by atoms with Gasteiger partial charge in [-0.05, 0) is 55.6 Å². The standard InChI is InChI=1S/C19H28N2O2/c1-2-18(11-20-7-1)13-22-8-5-16-6-9-23-19(10-16)14-21(15-19)12-17-3-4-17/h1-2,7,11,16-17H,3-6,8-10,12-15H2/t16-/m0/s1. The molecule has 1 aromatic heterocycles. The number of hydrogen-bond donors (Lipinski definition) is 0. The normalized spacial score (nSPS) is 27.0. The van der Waals surface area contributed by atoms with Crippen molar-refractivity contribution in [3.8, 4) is 0 Å². The minimum absolute atomic E-state index is 0.182. The zero-order valence-electron chi connectivity index (χ0n) is 14.0. The lowest BCUT2D eigenvalue weighted by atomic mass is 9.79. The van der Waals surface area contributed by atoms with E-state index in [1.807, 2.05) is 12.3 Å². The van der Waals surface area contributed by atoms with E-state index in [-0.39, 0.29) is 5.60 Å². The third kappa shape index (κ3) is 4.11. The molecule has 1 saturated carbocycles. The highest BCUT2D eigenvalue weighted by Gasteiger charge is 2.48. The second-order valence-corrected chi connectivity index (χ2v) is 7.71. The van der Waals surface area contributed by atoms with Crippen LogP contribution in [0.25, 0.3) is 0 Å². The van der Waals surface area contributed by atoms with Crippen LogP contribution in [0.2, 0.25) is 0 Å². The summed E-state index contributed by atoms with van der Waals surface area (Å²) in [5.41, 5.74) is 1.34. The first kappa shape index (κ1) is 15.6. The topological polar surface area (TPSA) is 34.6 Å². The molecule has 4 nitrogen and oxygen atoms in total. The Hall–Kier alpha value is -0.970. The van der Waals surface area contributed by atoms with Crippen molar-refractivity contribution >= 4 is 0 Å². The lowest BCUT2D eigenvalue weighted by Gasteiger charge is -2.53. The fraction of sp³-hybridized carbons (Fsp3) is 0.737. The van der Waals surface area contributed by atoms with E-state index in [0.717, 1.165) is 50.1 Å². The summed E-state index contributed by atoms with van der Waals surface area (Å²) in [6.07, 6.45) is 10.2. The van der Waals surface area contributed by atoms with E-state index >= 15 is 0 Å². The predicted molar refractivity (Wildman–Crippen MR) is 89.1 cm³/mol. The third-order valence-electron chi connectivity index (χ3n) is 5.49. The van der Waals surface area contributed by atoms with Gasteiger partial charge in [0.25, 0.3) is 0 Å². The van der Waals surface area contributed by atoms with Crippen molar-refractivity contribution in [1.82, 2.24) is 9.88 Å². The molecule has 23 heavy (non-hydrogen) atoms. The molecule has 126 valence electrons. The summed E-state index contributed by atoms with van der Waals surface area (Å²) in [7, 11) is 0. The van der Waals surface area contributed by atoms with Gasteiger partial charge in [-0.1, -0.05) is 6.07 Å². The van der Waals surface area contributed by atoms with Crippen molar-refractivity contribution < 1.29 is 9.47 Å². The van der Waals surface area contributed by atoms with Gasteiger partial charge >= 0.3 is 0 Å². The van der Waals surface area contributed by atoms with Crippen molar-refractivity contribution in [1.29, 1.82) is 0 Å². The molecule has 0 bridgehead atoms. The molecule has 1 atom stereocenters. The van der Waals surface area contributed by atoms with Gasteiger partial charge in [-0.25, -0.2) is 0 Å². The summed E-state index contributed by atoms with van der Waals surface area (Å²) in [5.74, 6) is 1.76. The molecule has 1 aliphatic carbocycles. The summed E-state index contributed by atoms with van der Waals surface area (Å²) >= 11 is 0. The lowest BCUT2D eigenvalue weighted by molar-refractivity contribution is -0.180. The molecule has 0 amide bonds. The molecule has 3 heterocycles. The zero-order chi connectivity index (χ0) is 15.5. The largest absolute Gasteiger partial charge is 0.377 e. The van der Waals surface area contributed by atoms with Crippen molar-refractivity contribution in [2.75, 3.05) is 32.8 Å². The number of likely N-dealkylation sites (tertiary alicyclic amines) is 1. The Bertz CT molecular complexity index is 497. The van der Waals surface area contributed by atoms with Crippen LogP contribution in [0.4, 0.5) is 0 Å². The Labute approximate surface area is 139 Å². The average molecular weight is 316 g/mol. The second-order valence-electron chi connectivity index (χ2n) is 7.71. The fourth-order valence-electron chi connectivity index (χ4n) is 4.08. The van der Waals surface area contributed by atoms with Crippen molar-refractivity contribution in [3.63, 3.8) is 0 Å². The van der Waals surface area contributed by atoms with E-state index in [2.05, 4.69) is 16.0 Å². The number of pyridine rings is 1. The Morgan fingerprint density at radius 2 is 2.17 bits per heavy atom. The molecule has 0 aromatic carbocycles. The summed E-state index contributed by atoms with van der Waals surface area (Å²) in [5, 5.41) is 0. The highest BCUT2D eigenvalue weighted by Crippen LogP contribution is 2.40. The van der Waals surface area contributed by atoms with Crippen LogP contribution in [0.1, 0.15) is 37.7 Å². The summed E-state index contributed by atoms with van der Waals surface area (Å²) in [4.78, 5) is 6.72. The van der Waals surface area contributed by atoms with Gasteiger partial charge in [-0.3, -0.25) is 9.88 Å². The van der Waals surface area contributed by atoms with Crippen LogP contribution in [0, 0.1) is 11.8 Å². The minimum Gasteiger partial charge on any atom is -0.377 e. The number of ether oxygens (including phenoxy) is 2. The molecule has 2 aliphatic heterocycles. The van der Waals surface area contributed by atoms with Gasteiger partial charge in [0.05, 0.1) is 12.2 Å². The summed E-state index contributed by atoms with van der Waals surface area (Å²) in [6, 6.07) is 4.03. The fourth-order valence-corrected chi connectivity index (χ4v) is 4.08. The molecule has 2 saturated heterocycles. The average Bonchev–Trinajstić information content (AvgIpc) is 3.36. The smallest absolute Gasteiger partial charge is 0.0937 e. The summed E-state index contributed by atoms with van der Waals surface area (Å²) in [6.45, 7) is 6.10. The Morgan fingerprint density at radius 3 is 2.96 bits per heavy atom. The SMILES string of the molecule is c1cncc(COCC[C@H]2CCOC3(C2)CN(CC2CC2)C3)c1. The molecular weight excluding hydrogens is 288 g/mol. The highest BCUT2D eigenvalue weighted by atomic mass is 16.5. The maximum absolute atomic E-state index is 6.15. The molecule has 0 unspecified atom stereocenters. The van der Waals surface area contributed by atoms with Crippen LogP contribution >= 0.6 is 0 Å². The molecule has 4 heteroatoms. The lowest BCUT2D eigenvalue weighted by Crippen LogP contribution is -2.65. The van der Waals surface area contributed by atoms with E-state index in [1.165, 1.54) is 32.2 Å².